The van der Waals surface area contributed by atoms with Gasteiger partial charge in [-0.05, 0) is 83.5 Å². The van der Waals surface area contributed by atoms with Gasteiger partial charge in [0.15, 0.2) is 0 Å². The molecule has 0 aliphatic carbocycles. The van der Waals surface area contributed by atoms with Crippen molar-refractivity contribution in [3.63, 3.8) is 0 Å². The molecule has 0 heterocycles. The van der Waals surface area contributed by atoms with Gasteiger partial charge in [-0.2, -0.15) is 0 Å². The van der Waals surface area contributed by atoms with Crippen molar-refractivity contribution in [2.24, 2.45) is 0 Å². The molecule has 0 aromatic heterocycles. The number of nitrogens with one attached hydrogen (secondary N) is 1. The summed E-state index contributed by atoms with van der Waals surface area (Å²) in [6, 6.07) is -0.540. The maximum Gasteiger partial charge on any atom is 0.305 e. The van der Waals surface area contributed by atoms with Crippen LogP contribution in [-0.4, -0.2) is 47.4 Å². The Balaban J connectivity index is 3.37. The van der Waals surface area contributed by atoms with E-state index in [1.807, 2.05) is 0 Å². The number of carbonyl (C=O) groups excluding carboxylic acids is 2. The second-order valence-electron chi connectivity index (χ2n) is 24.9. The zero-order valence-electron chi connectivity index (χ0n) is 54.1. The topological polar surface area (TPSA) is 95.9 Å². The Hall–Kier alpha value is -1.92. The molecule has 0 aromatic rings. The third kappa shape index (κ3) is 65.2. The summed E-state index contributed by atoms with van der Waals surface area (Å²) in [6.45, 7) is 4.97. The molecule has 0 rings (SSSR count). The van der Waals surface area contributed by atoms with Crippen LogP contribution in [0.3, 0.4) is 0 Å². The lowest BCUT2D eigenvalue weighted by Crippen LogP contribution is -2.45. The van der Waals surface area contributed by atoms with Crippen LogP contribution in [0.1, 0.15) is 399 Å². The number of amides is 1. The number of ether oxygens (including phenoxy) is 1. The minimum absolute atomic E-state index is 0.00665. The van der Waals surface area contributed by atoms with Crippen LogP contribution in [0.2, 0.25) is 0 Å². The van der Waals surface area contributed by atoms with Gasteiger partial charge in [-0.15, -0.1) is 0 Å². The Morgan fingerprint density at radius 2 is 0.625 bits per heavy atom. The molecule has 80 heavy (non-hydrogen) atoms. The number of rotatable bonds is 68. The van der Waals surface area contributed by atoms with Crippen molar-refractivity contribution in [1.29, 1.82) is 0 Å². The van der Waals surface area contributed by atoms with E-state index in [9.17, 15) is 19.8 Å². The molecule has 2 unspecified atom stereocenters. The SMILES string of the molecule is CCCCCCCC/C=C\CCCCCCCC(=O)OCCCCCCCCCCC/C=C\C/C=C\CCCCCCCCCCCCCCCCCCCC(=O)NC(CO)C(O)CCCCCCCCCCCCCCCCC. The molecular formula is C74H141NO5. The van der Waals surface area contributed by atoms with Crippen molar-refractivity contribution >= 4 is 11.9 Å². The number of unbranched alkanes of at least 4 members (excludes halogenated alkanes) is 51. The summed E-state index contributed by atoms with van der Waals surface area (Å²) in [6.07, 6.45) is 89.2. The first kappa shape index (κ1) is 78.1. The number of carbonyl (C=O) groups is 2. The first-order valence-corrected chi connectivity index (χ1v) is 36.2. The van der Waals surface area contributed by atoms with Gasteiger partial charge < -0.3 is 20.3 Å². The highest BCUT2D eigenvalue weighted by Gasteiger charge is 2.20. The first-order chi connectivity index (χ1) is 39.5. The van der Waals surface area contributed by atoms with Crippen LogP contribution in [0, 0.1) is 0 Å². The Morgan fingerprint density at radius 1 is 0.350 bits per heavy atom. The lowest BCUT2D eigenvalue weighted by Gasteiger charge is -2.22. The van der Waals surface area contributed by atoms with Crippen molar-refractivity contribution in [1.82, 2.24) is 5.32 Å². The molecule has 1 amide bonds. The summed E-state index contributed by atoms with van der Waals surface area (Å²) in [7, 11) is 0. The summed E-state index contributed by atoms with van der Waals surface area (Å²) in [5.74, 6) is -0.0238. The minimum Gasteiger partial charge on any atom is -0.466 e. The summed E-state index contributed by atoms with van der Waals surface area (Å²) < 4.78 is 5.49. The molecule has 472 valence electrons. The van der Waals surface area contributed by atoms with Crippen molar-refractivity contribution in [2.75, 3.05) is 13.2 Å². The van der Waals surface area contributed by atoms with Gasteiger partial charge in [0.25, 0.3) is 0 Å². The minimum atomic E-state index is -0.663. The molecule has 0 saturated carbocycles. The normalized spacial score (nSPS) is 12.7. The molecule has 0 aromatic carbocycles. The van der Waals surface area contributed by atoms with Crippen molar-refractivity contribution < 1.29 is 24.5 Å². The molecule has 6 nitrogen and oxygen atoms in total. The second-order valence-corrected chi connectivity index (χ2v) is 24.9. The predicted molar refractivity (Wildman–Crippen MR) is 352 cm³/mol. The van der Waals surface area contributed by atoms with Gasteiger partial charge in [-0.1, -0.05) is 339 Å². The zero-order valence-corrected chi connectivity index (χ0v) is 54.1. The highest BCUT2D eigenvalue weighted by molar-refractivity contribution is 5.76. The van der Waals surface area contributed by atoms with E-state index >= 15 is 0 Å². The molecule has 0 aliphatic heterocycles. The fraction of sp³-hybridized carbons (Fsp3) is 0.892. The van der Waals surface area contributed by atoms with E-state index in [0.29, 0.717) is 25.9 Å². The summed E-state index contributed by atoms with van der Waals surface area (Å²) in [5.41, 5.74) is 0. The third-order valence-electron chi connectivity index (χ3n) is 16.9. The Kier molecular flexibility index (Phi) is 67.9. The zero-order chi connectivity index (χ0) is 57.8. The van der Waals surface area contributed by atoms with Crippen LogP contribution in [0.25, 0.3) is 0 Å². The van der Waals surface area contributed by atoms with Crippen molar-refractivity contribution in [3.8, 4) is 0 Å². The number of aliphatic hydroxyl groups excluding tert-OH is 2. The molecule has 3 N–H and O–H groups in total. The molecular weight excluding hydrogens is 983 g/mol. The van der Waals surface area contributed by atoms with E-state index in [1.54, 1.807) is 0 Å². The van der Waals surface area contributed by atoms with Crippen LogP contribution < -0.4 is 5.32 Å². The first-order valence-electron chi connectivity index (χ1n) is 36.2. The van der Waals surface area contributed by atoms with Crippen LogP contribution in [-0.2, 0) is 14.3 Å². The number of hydrogen-bond donors (Lipinski definition) is 3. The predicted octanol–water partition coefficient (Wildman–Crippen LogP) is 23.5. The third-order valence-corrected chi connectivity index (χ3v) is 16.9. The second kappa shape index (κ2) is 69.6. The molecule has 0 saturated heterocycles. The monoisotopic (exact) mass is 1120 g/mol. The number of allylic oxidation sites excluding steroid dienone is 6. The molecule has 2 atom stereocenters. The van der Waals surface area contributed by atoms with E-state index in [-0.39, 0.29) is 18.5 Å². The van der Waals surface area contributed by atoms with Gasteiger partial charge in [-0.25, -0.2) is 0 Å². The summed E-state index contributed by atoms with van der Waals surface area (Å²) in [5, 5.41) is 23.3. The highest BCUT2D eigenvalue weighted by Crippen LogP contribution is 2.19. The van der Waals surface area contributed by atoms with Crippen LogP contribution in [0.4, 0.5) is 0 Å². The Labute approximate surface area is 500 Å². The Morgan fingerprint density at radius 3 is 0.963 bits per heavy atom. The summed E-state index contributed by atoms with van der Waals surface area (Å²) in [4.78, 5) is 24.6. The van der Waals surface area contributed by atoms with Gasteiger partial charge in [0.2, 0.25) is 5.91 Å². The number of aliphatic hydroxyl groups is 2. The van der Waals surface area contributed by atoms with E-state index in [2.05, 4.69) is 55.6 Å². The number of hydrogen-bond acceptors (Lipinski definition) is 5. The smallest absolute Gasteiger partial charge is 0.305 e. The Bertz CT molecular complexity index is 1300. The van der Waals surface area contributed by atoms with Gasteiger partial charge >= 0.3 is 5.97 Å². The largest absolute Gasteiger partial charge is 0.466 e. The molecule has 0 bridgehead atoms. The van der Waals surface area contributed by atoms with E-state index < -0.39 is 12.1 Å². The van der Waals surface area contributed by atoms with Gasteiger partial charge in [0.1, 0.15) is 0 Å². The van der Waals surface area contributed by atoms with E-state index in [1.165, 1.54) is 315 Å². The molecule has 0 aliphatic rings. The van der Waals surface area contributed by atoms with E-state index in [0.717, 1.165) is 51.4 Å². The quantitative estimate of drug-likeness (QED) is 0.0320. The standard InChI is InChI=1S/C74H141NO5/c1-3-5-7-9-11-13-15-17-38-42-46-50-54-58-62-66-72(77)71(70-76)75-73(78)67-63-59-55-51-47-43-40-36-34-32-30-28-26-24-22-20-19-21-23-25-27-29-31-33-35-37-41-45-49-53-57-61-65-69-80-74(79)68-64-60-56-52-48-44-39-18-16-14-12-10-8-6-4-2/h18,23,25,29,31,39,71-72,76-77H,3-17,19-22,24,26-28,30,32-38,40-70H2,1-2H3,(H,75,78)/b25-23-,31-29-,39-18-. The fourth-order valence-corrected chi connectivity index (χ4v) is 11.4. The van der Waals surface area contributed by atoms with Gasteiger partial charge in [-0.3, -0.25) is 9.59 Å². The lowest BCUT2D eigenvalue weighted by atomic mass is 10.0. The van der Waals surface area contributed by atoms with Crippen LogP contribution in [0.15, 0.2) is 36.5 Å². The maximum absolute atomic E-state index is 12.5. The molecule has 0 fully saturated rings. The fourth-order valence-electron chi connectivity index (χ4n) is 11.4. The number of esters is 1. The van der Waals surface area contributed by atoms with Crippen molar-refractivity contribution in [2.45, 2.75) is 411 Å². The molecule has 6 heteroatoms. The summed E-state index contributed by atoms with van der Waals surface area (Å²) >= 11 is 0. The van der Waals surface area contributed by atoms with Gasteiger partial charge in [0, 0.05) is 12.8 Å². The van der Waals surface area contributed by atoms with Crippen LogP contribution >= 0.6 is 0 Å². The highest BCUT2D eigenvalue weighted by atomic mass is 16.5. The van der Waals surface area contributed by atoms with Crippen LogP contribution in [0.5, 0.6) is 0 Å². The van der Waals surface area contributed by atoms with E-state index in [4.69, 9.17) is 4.74 Å². The molecule has 0 radical (unpaired) electrons. The van der Waals surface area contributed by atoms with Crippen molar-refractivity contribution in [3.05, 3.63) is 36.5 Å². The molecule has 0 spiro atoms. The van der Waals surface area contributed by atoms with Gasteiger partial charge in [0.05, 0.1) is 25.4 Å². The lowest BCUT2D eigenvalue weighted by molar-refractivity contribution is -0.143. The maximum atomic E-state index is 12.5. The average molecular weight is 1120 g/mol. The average Bonchev–Trinajstić information content (AvgIpc) is 3.46.